The lowest BCUT2D eigenvalue weighted by atomic mass is 10.2. The van der Waals surface area contributed by atoms with Gasteiger partial charge >= 0.3 is 6.03 Å². The SMILES string of the molecule is COc1cccc(CN(C)C(=O)NCCc2cccs2)c1. The van der Waals surface area contributed by atoms with Crippen LogP contribution in [0.5, 0.6) is 5.75 Å². The molecule has 0 atom stereocenters. The average molecular weight is 304 g/mol. The standard InChI is InChI=1S/C16H20N2O2S/c1-18(12-13-5-3-6-14(11-13)20-2)16(19)17-9-8-15-7-4-10-21-15/h3-7,10-11H,8-9,12H2,1-2H3,(H,17,19). The predicted molar refractivity (Wildman–Crippen MR) is 85.9 cm³/mol. The second-order valence-corrected chi connectivity index (χ2v) is 5.80. The third-order valence-corrected chi connectivity index (χ3v) is 4.06. The lowest BCUT2D eigenvalue weighted by Gasteiger charge is -2.18. The van der Waals surface area contributed by atoms with Crippen LogP contribution < -0.4 is 10.1 Å². The zero-order chi connectivity index (χ0) is 15.1. The lowest BCUT2D eigenvalue weighted by molar-refractivity contribution is 0.207. The smallest absolute Gasteiger partial charge is 0.317 e. The van der Waals surface area contributed by atoms with Crippen molar-refractivity contribution in [2.75, 3.05) is 20.7 Å². The van der Waals surface area contributed by atoms with Crippen molar-refractivity contribution in [1.29, 1.82) is 0 Å². The van der Waals surface area contributed by atoms with Crippen LogP contribution in [0.3, 0.4) is 0 Å². The van der Waals surface area contributed by atoms with Crippen molar-refractivity contribution in [3.05, 3.63) is 52.2 Å². The van der Waals surface area contributed by atoms with Crippen LogP contribution >= 0.6 is 11.3 Å². The third-order valence-electron chi connectivity index (χ3n) is 3.13. The molecule has 5 heteroatoms. The average Bonchev–Trinajstić information content (AvgIpc) is 3.00. The van der Waals surface area contributed by atoms with E-state index in [0.717, 1.165) is 17.7 Å². The first-order valence-electron chi connectivity index (χ1n) is 6.83. The van der Waals surface area contributed by atoms with E-state index in [1.54, 1.807) is 30.4 Å². The number of nitrogens with one attached hydrogen (secondary N) is 1. The Morgan fingerprint density at radius 3 is 2.90 bits per heavy atom. The molecular weight excluding hydrogens is 284 g/mol. The molecule has 112 valence electrons. The van der Waals surface area contributed by atoms with Crippen molar-refractivity contribution in [2.45, 2.75) is 13.0 Å². The molecule has 2 amide bonds. The molecule has 0 aliphatic carbocycles. The molecule has 1 heterocycles. The van der Waals surface area contributed by atoms with E-state index in [0.29, 0.717) is 13.1 Å². The number of nitrogens with zero attached hydrogens (tertiary/aromatic N) is 1. The van der Waals surface area contributed by atoms with Gasteiger partial charge in [0.25, 0.3) is 0 Å². The molecule has 0 saturated heterocycles. The molecule has 0 unspecified atom stereocenters. The first-order valence-corrected chi connectivity index (χ1v) is 7.71. The molecule has 21 heavy (non-hydrogen) atoms. The highest BCUT2D eigenvalue weighted by atomic mass is 32.1. The molecule has 0 radical (unpaired) electrons. The van der Waals surface area contributed by atoms with E-state index < -0.39 is 0 Å². The van der Waals surface area contributed by atoms with Crippen LogP contribution in [0, 0.1) is 0 Å². The minimum absolute atomic E-state index is 0.0608. The van der Waals surface area contributed by atoms with E-state index in [9.17, 15) is 4.79 Å². The Balaban J connectivity index is 1.78. The Kier molecular flexibility index (Phi) is 5.63. The van der Waals surface area contributed by atoms with Gasteiger partial charge in [-0.2, -0.15) is 0 Å². The van der Waals surface area contributed by atoms with Gasteiger partial charge in [-0.1, -0.05) is 18.2 Å². The van der Waals surface area contributed by atoms with Gasteiger partial charge in [0.1, 0.15) is 5.75 Å². The van der Waals surface area contributed by atoms with Crippen molar-refractivity contribution in [3.63, 3.8) is 0 Å². The summed E-state index contributed by atoms with van der Waals surface area (Å²) >= 11 is 1.71. The second kappa shape index (κ2) is 7.69. The molecule has 0 bridgehead atoms. The summed E-state index contributed by atoms with van der Waals surface area (Å²) in [6.07, 6.45) is 0.871. The van der Waals surface area contributed by atoms with Crippen LogP contribution in [-0.2, 0) is 13.0 Å². The van der Waals surface area contributed by atoms with Gasteiger partial charge in [0.15, 0.2) is 0 Å². The molecule has 2 aromatic rings. The van der Waals surface area contributed by atoms with Gasteiger partial charge in [-0.05, 0) is 35.6 Å². The number of thiophene rings is 1. The van der Waals surface area contributed by atoms with Gasteiger partial charge in [-0.3, -0.25) is 0 Å². The summed E-state index contributed by atoms with van der Waals surface area (Å²) in [5, 5.41) is 4.98. The maximum absolute atomic E-state index is 12.0. The van der Waals surface area contributed by atoms with Crippen LogP contribution in [0.4, 0.5) is 4.79 Å². The fourth-order valence-corrected chi connectivity index (χ4v) is 2.71. The van der Waals surface area contributed by atoms with E-state index in [2.05, 4.69) is 11.4 Å². The highest BCUT2D eigenvalue weighted by molar-refractivity contribution is 7.09. The van der Waals surface area contributed by atoms with Crippen LogP contribution in [-0.4, -0.2) is 31.6 Å². The van der Waals surface area contributed by atoms with Crippen LogP contribution in [0.2, 0.25) is 0 Å². The number of ether oxygens (including phenoxy) is 1. The molecule has 0 aliphatic rings. The molecule has 1 aromatic heterocycles. The van der Waals surface area contributed by atoms with E-state index >= 15 is 0 Å². The quantitative estimate of drug-likeness (QED) is 0.891. The summed E-state index contributed by atoms with van der Waals surface area (Å²) in [5.74, 6) is 0.805. The molecular formula is C16H20N2O2S. The Hall–Kier alpha value is -2.01. The Labute approximate surface area is 129 Å². The molecule has 1 aromatic carbocycles. The number of urea groups is 1. The molecule has 0 spiro atoms. The second-order valence-electron chi connectivity index (χ2n) is 4.77. The van der Waals surface area contributed by atoms with Crippen molar-refractivity contribution < 1.29 is 9.53 Å². The van der Waals surface area contributed by atoms with E-state index in [1.165, 1.54) is 4.88 Å². The monoisotopic (exact) mass is 304 g/mol. The van der Waals surface area contributed by atoms with Gasteiger partial charge in [-0.25, -0.2) is 4.79 Å². The maximum atomic E-state index is 12.0. The normalized spacial score (nSPS) is 10.2. The highest BCUT2D eigenvalue weighted by Gasteiger charge is 2.09. The fourth-order valence-electron chi connectivity index (χ4n) is 2.00. The first kappa shape index (κ1) is 15.4. The van der Waals surface area contributed by atoms with Crippen molar-refractivity contribution in [1.82, 2.24) is 10.2 Å². The minimum Gasteiger partial charge on any atom is -0.497 e. The molecule has 1 N–H and O–H groups in total. The number of carbonyl (C=O) groups excluding carboxylic acids is 1. The van der Waals surface area contributed by atoms with Crippen LogP contribution in [0.25, 0.3) is 0 Å². The summed E-state index contributed by atoms with van der Waals surface area (Å²) < 4.78 is 5.19. The van der Waals surface area contributed by atoms with Crippen molar-refractivity contribution >= 4 is 17.4 Å². The fraction of sp³-hybridized carbons (Fsp3) is 0.312. The summed E-state index contributed by atoms with van der Waals surface area (Å²) in [5.41, 5.74) is 1.05. The number of amides is 2. The summed E-state index contributed by atoms with van der Waals surface area (Å²) in [7, 11) is 3.43. The first-order chi connectivity index (χ1) is 10.2. The number of hydrogen-bond acceptors (Lipinski definition) is 3. The Morgan fingerprint density at radius 2 is 2.19 bits per heavy atom. The van der Waals surface area contributed by atoms with E-state index in [1.807, 2.05) is 35.7 Å². The highest BCUT2D eigenvalue weighted by Crippen LogP contribution is 2.14. The molecule has 4 nitrogen and oxygen atoms in total. The topological polar surface area (TPSA) is 41.6 Å². The van der Waals surface area contributed by atoms with Gasteiger partial charge in [0, 0.05) is 25.0 Å². The van der Waals surface area contributed by atoms with Gasteiger partial charge in [-0.15, -0.1) is 11.3 Å². The van der Waals surface area contributed by atoms with E-state index in [-0.39, 0.29) is 6.03 Å². The predicted octanol–water partition coefficient (Wildman–Crippen LogP) is 3.14. The lowest BCUT2D eigenvalue weighted by Crippen LogP contribution is -2.37. The van der Waals surface area contributed by atoms with Gasteiger partial charge < -0.3 is 15.0 Å². The molecule has 0 saturated carbocycles. The van der Waals surface area contributed by atoms with Gasteiger partial charge in [0.05, 0.1) is 7.11 Å². The summed E-state index contributed by atoms with van der Waals surface area (Å²) in [4.78, 5) is 15.0. The number of rotatable bonds is 6. The van der Waals surface area contributed by atoms with Crippen LogP contribution in [0.1, 0.15) is 10.4 Å². The number of methoxy groups -OCH3 is 1. The van der Waals surface area contributed by atoms with Crippen molar-refractivity contribution in [2.24, 2.45) is 0 Å². The number of hydrogen-bond donors (Lipinski definition) is 1. The Morgan fingerprint density at radius 1 is 1.33 bits per heavy atom. The molecule has 0 aliphatic heterocycles. The summed E-state index contributed by atoms with van der Waals surface area (Å²) in [6, 6.07) is 11.8. The molecule has 2 rings (SSSR count). The number of carbonyl (C=O) groups is 1. The minimum atomic E-state index is -0.0608. The summed E-state index contributed by atoms with van der Waals surface area (Å²) in [6.45, 7) is 1.21. The zero-order valence-electron chi connectivity index (χ0n) is 12.3. The van der Waals surface area contributed by atoms with Crippen molar-refractivity contribution in [3.8, 4) is 5.75 Å². The maximum Gasteiger partial charge on any atom is 0.317 e. The third kappa shape index (κ3) is 4.79. The Bertz CT molecular complexity index is 569. The van der Waals surface area contributed by atoms with Gasteiger partial charge in [0.2, 0.25) is 0 Å². The number of benzene rings is 1. The zero-order valence-corrected chi connectivity index (χ0v) is 13.2. The molecule has 0 fully saturated rings. The van der Waals surface area contributed by atoms with E-state index in [4.69, 9.17) is 4.74 Å². The largest absolute Gasteiger partial charge is 0.497 e. The van der Waals surface area contributed by atoms with Crippen LogP contribution in [0.15, 0.2) is 41.8 Å².